The monoisotopic (exact) mass is 834 g/mol. The van der Waals surface area contributed by atoms with Gasteiger partial charge in [0.05, 0.1) is 49.9 Å². The highest BCUT2D eigenvalue weighted by Crippen LogP contribution is 2.39. The first-order valence-corrected chi connectivity index (χ1v) is 20.1. The van der Waals surface area contributed by atoms with Crippen molar-refractivity contribution in [1.82, 2.24) is 44.2 Å². The second-order valence-corrected chi connectivity index (χ2v) is 16.0. The Labute approximate surface area is 335 Å². The number of rotatable bonds is 13. The average molecular weight is 835 g/mol. The van der Waals surface area contributed by atoms with Gasteiger partial charge in [0.2, 0.25) is 5.91 Å². The third-order valence-corrected chi connectivity index (χ3v) is 10.4. The van der Waals surface area contributed by atoms with E-state index in [0.29, 0.717) is 28.1 Å². The van der Waals surface area contributed by atoms with E-state index in [0.717, 1.165) is 48.3 Å². The normalized spacial score (nSPS) is 14.3. The van der Waals surface area contributed by atoms with Gasteiger partial charge >= 0.3 is 0 Å². The summed E-state index contributed by atoms with van der Waals surface area (Å²) in [5.41, 5.74) is 1.97. The minimum Gasteiger partial charge on any atom is -0.344 e. The Bertz CT molecular complexity index is 2810. The molecule has 0 saturated heterocycles. The first kappa shape index (κ1) is 39.0. The largest absolute Gasteiger partial charge is 0.344 e. The van der Waals surface area contributed by atoms with Crippen molar-refractivity contribution < 1.29 is 26.6 Å². The van der Waals surface area contributed by atoms with Crippen LogP contribution in [0.15, 0.2) is 77.9 Å². The molecule has 0 aliphatic heterocycles. The highest BCUT2D eigenvalue weighted by molar-refractivity contribution is 7.85. The van der Waals surface area contributed by atoms with Crippen LogP contribution >= 0.6 is 11.6 Å². The molecule has 2 unspecified atom stereocenters. The van der Waals surface area contributed by atoms with Gasteiger partial charge in [-0.25, -0.2) is 26.8 Å². The summed E-state index contributed by atoms with van der Waals surface area (Å²) in [5.74, 6) is -4.73. The van der Waals surface area contributed by atoms with Gasteiger partial charge in [-0.15, -0.1) is 0 Å². The van der Waals surface area contributed by atoms with E-state index in [9.17, 15) is 31.4 Å². The van der Waals surface area contributed by atoms with E-state index in [1.165, 1.54) is 38.5 Å². The quantitative estimate of drug-likeness (QED) is 0.125. The van der Waals surface area contributed by atoms with Crippen LogP contribution in [0.4, 0.5) is 23.4 Å². The van der Waals surface area contributed by atoms with E-state index < -0.39 is 52.6 Å². The smallest absolute Gasteiger partial charge is 0.266 e. The molecule has 1 amide bonds. The standard InChI is InChI=1S/C39H35ClF4N10O3S/c1-39(43,44)20-53-13-11-29(48-53)23-6-7-26-30(17-23)46-37(54(38(26)56)32-9-8-27(40)34-35(32)51(2)49-36(34)50-58(3)57)31(16-21-14-24(41)18-25(42)15-21)45-33(55)19-52-12-10-28(47-52)22-4-5-22/h6-15,17-18,22,31H,4-5,16,19-20H2,1-3H3,(H,45,55)(H,49,50). The Morgan fingerprint density at radius 3 is 2.45 bits per heavy atom. The Kier molecular flexibility index (Phi) is 10.2. The van der Waals surface area contributed by atoms with Crippen LogP contribution in [-0.2, 0) is 42.3 Å². The minimum absolute atomic E-state index is 0.0265. The van der Waals surface area contributed by atoms with Crippen molar-refractivity contribution in [2.24, 2.45) is 7.05 Å². The lowest BCUT2D eigenvalue weighted by molar-refractivity contribution is -0.122. The van der Waals surface area contributed by atoms with Crippen molar-refractivity contribution in [3.8, 4) is 16.9 Å². The number of fused-ring (bicyclic) bond motifs is 2. The number of amides is 1. The Hall–Kier alpha value is -5.88. The molecule has 58 heavy (non-hydrogen) atoms. The Balaban J connectivity index is 1.33. The van der Waals surface area contributed by atoms with Gasteiger partial charge in [-0.1, -0.05) is 17.7 Å². The maximum atomic E-state index is 14.9. The highest BCUT2D eigenvalue weighted by Gasteiger charge is 2.29. The molecule has 0 bridgehead atoms. The molecule has 2 atom stereocenters. The number of aromatic nitrogens is 8. The number of benzene rings is 3. The zero-order chi connectivity index (χ0) is 41.0. The predicted molar refractivity (Wildman–Crippen MR) is 211 cm³/mol. The molecule has 13 nitrogen and oxygen atoms in total. The number of carbonyl (C=O) groups excluding carboxylic acids is 1. The van der Waals surface area contributed by atoms with E-state index in [1.54, 1.807) is 37.5 Å². The summed E-state index contributed by atoms with van der Waals surface area (Å²) in [7, 11) is 0.0624. The van der Waals surface area contributed by atoms with E-state index in [-0.39, 0.29) is 51.8 Å². The summed E-state index contributed by atoms with van der Waals surface area (Å²) >= 11 is 6.70. The third kappa shape index (κ3) is 8.11. The Morgan fingerprint density at radius 1 is 1.00 bits per heavy atom. The number of nitrogens with zero attached hydrogens (tertiary/aromatic N) is 8. The summed E-state index contributed by atoms with van der Waals surface area (Å²) < 4.78 is 77.3. The molecule has 0 spiro atoms. The number of alkyl halides is 2. The van der Waals surface area contributed by atoms with Gasteiger partial charge in [0, 0.05) is 56.6 Å². The molecule has 19 heteroatoms. The van der Waals surface area contributed by atoms with Crippen LogP contribution < -0.4 is 15.6 Å². The molecule has 4 heterocycles. The fourth-order valence-corrected chi connectivity index (χ4v) is 7.74. The molecule has 2 N–H and O–H groups in total. The summed E-state index contributed by atoms with van der Waals surface area (Å²) in [6, 6.07) is 13.0. The van der Waals surface area contributed by atoms with Crippen LogP contribution in [0.3, 0.4) is 0 Å². The number of hydrogen-bond donors (Lipinski definition) is 2. The van der Waals surface area contributed by atoms with Crippen molar-refractivity contribution in [2.45, 2.75) is 57.2 Å². The molecule has 4 aromatic heterocycles. The predicted octanol–water partition coefficient (Wildman–Crippen LogP) is 6.60. The van der Waals surface area contributed by atoms with Crippen LogP contribution in [0.5, 0.6) is 0 Å². The molecule has 300 valence electrons. The zero-order valence-electron chi connectivity index (χ0n) is 31.2. The lowest BCUT2D eigenvalue weighted by Gasteiger charge is -2.24. The van der Waals surface area contributed by atoms with Crippen molar-refractivity contribution in [3.05, 3.63) is 117 Å². The van der Waals surface area contributed by atoms with Gasteiger partial charge in [-0.2, -0.15) is 15.3 Å². The summed E-state index contributed by atoms with van der Waals surface area (Å²) in [4.78, 5) is 33.8. The SMILES string of the molecule is Cn1nc(NS(C)=O)c2c(Cl)ccc(-n3c(C(Cc4cc(F)cc(F)c4)NC(=O)Cn4ccc(C5CC5)n4)nc4cc(-c5ccn(CC(C)(F)F)n5)ccc4c3=O)c21. The Morgan fingerprint density at radius 2 is 1.74 bits per heavy atom. The number of aryl methyl sites for hydroxylation is 1. The molecule has 3 aromatic carbocycles. The number of anilines is 1. The van der Waals surface area contributed by atoms with Crippen LogP contribution in [-0.4, -0.2) is 61.2 Å². The van der Waals surface area contributed by atoms with Crippen molar-refractivity contribution in [3.63, 3.8) is 0 Å². The lowest BCUT2D eigenvalue weighted by Crippen LogP contribution is -2.37. The van der Waals surface area contributed by atoms with Gasteiger partial charge < -0.3 is 5.32 Å². The van der Waals surface area contributed by atoms with Crippen LogP contribution in [0.1, 0.15) is 48.8 Å². The maximum Gasteiger partial charge on any atom is 0.266 e. The second kappa shape index (κ2) is 15.1. The van der Waals surface area contributed by atoms with Gasteiger partial charge in [-0.05, 0) is 66.9 Å². The summed E-state index contributed by atoms with van der Waals surface area (Å²) in [6.45, 7) is -0.0693. The summed E-state index contributed by atoms with van der Waals surface area (Å²) in [6.07, 6.45) is 6.35. The summed E-state index contributed by atoms with van der Waals surface area (Å²) in [5, 5.41) is 17.0. The highest BCUT2D eigenvalue weighted by atomic mass is 35.5. The van der Waals surface area contributed by atoms with E-state index >= 15 is 0 Å². The van der Waals surface area contributed by atoms with E-state index in [1.807, 2.05) is 6.07 Å². The van der Waals surface area contributed by atoms with E-state index in [4.69, 9.17) is 16.6 Å². The molecular weight excluding hydrogens is 800 g/mol. The number of nitrogens with one attached hydrogen (secondary N) is 2. The third-order valence-electron chi connectivity index (χ3n) is 9.64. The van der Waals surface area contributed by atoms with Crippen LogP contribution in [0, 0.1) is 11.6 Å². The zero-order valence-corrected chi connectivity index (χ0v) is 32.8. The topological polar surface area (TPSA) is 147 Å². The second-order valence-electron chi connectivity index (χ2n) is 14.4. The maximum absolute atomic E-state index is 14.9. The average Bonchev–Trinajstić information content (AvgIpc) is 3.55. The minimum atomic E-state index is -3.01. The first-order chi connectivity index (χ1) is 27.6. The first-order valence-electron chi connectivity index (χ1n) is 18.1. The van der Waals surface area contributed by atoms with Crippen LogP contribution in [0.25, 0.3) is 38.8 Å². The van der Waals surface area contributed by atoms with Crippen molar-refractivity contribution in [1.29, 1.82) is 0 Å². The van der Waals surface area contributed by atoms with Crippen LogP contribution in [0.2, 0.25) is 5.02 Å². The fraction of sp³-hybridized carbons (Fsp3) is 0.282. The molecule has 8 rings (SSSR count). The molecule has 1 saturated carbocycles. The molecule has 1 fully saturated rings. The fourth-order valence-electron chi connectivity index (χ4n) is 7.08. The number of carbonyl (C=O) groups is 1. The molecule has 1 aliphatic rings. The molecular formula is C39H35ClF4N10O3S. The van der Waals surface area contributed by atoms with Crippen molar-refractivity contribution >= 4 is 56.1 Å². The molecule has 1 aliphatic carbocycles. The van der Waals surface area contributed by atoms with Gasteiger partial charge in [0.1, 0.15) is 41.5 Å². The molecule has 7 aromatic rings. The van der Waals surface area contributed by atoms with Crippen molar-refractivity contribution in [2.75, 3.05) is 11.0 Å². The van der Waals surface area contributed by atoms with Gasteiger partial charge in [-0.3, -0.25) is 32.9 Å². The molecule has 0 radical (unpaired) electrons. The van der Waals surface area contributed by atoms with Gasteiger partial charge in [0.15, 0.2) is 5.82 Å². The number of halogens is 5. The van der Waals surface area contributed by atoms with Gasteiger partial charge in [0.25, 0.3) is 11.5 Å². The van der Waals surface area contributed by atoms with E-state index in [2.05, 4.69) is 25.3 Å². The lowest BCUT2D eigenvalue weighted by atomic mass is 10.0. The number of hydrogen-bond acceptors (Lipinski definition) is 7.